The molecule has 3 rings (SSSR count). The third-order valence-corrected chi connectivity index (χ3v) is 4.24. The number of carbonyl (C=O) groups excluding carboxylic acids is 1. The second kappa shape index (κ2) is 6.37. The number of non-ortho nitro benzene ring substituents is 1. The van der Waals surface area contributed by atoms with Crippen molar-refractivity contribution in [3.05, 3.63) is 40.6 Å². The topological polar surface area (TPSA) is 77.6 Å². The van der Waals surface area contributed by atoms with Crippen molar-refractivity contribution in [2.75, 3.05) is 19.7 Å². The number of benzene rings is 1. The van der Waals surface area contributed by atoms with E-state index >= 15 is 0 Å². The summed E-state index contributed by atoms with van der Waals surface area (Å²) in [5.74, 6) is 0.00996. The minimum atomic E-state index is -0.400. The van der Waals surface area contributed by atoms with E-state index < -0.39 is 4.92 Å². The van der Waals surface area contributed by atoms with E-state index in [-0.39, 0.29) is 24.2 Å². The fraction of sp³-hybridized carbons (Fsp3) is 0.438. The maximum absolute atomic E-state index is 12.5. The van der Waals surface area contributed by atoms with Gasteiger partial charge in [0, 0.05) is 25.4 Å². The van der Waals surface area contributed by atoms with E-state index in [0.717, 1.165) is 6.42 Å². The minimum absolute atomic E-state index is 0.00996. The number of hydrogen-bond acceptors (Lipinski definition) is 4. The summed E-state index contributed by atoms with van der Waals surface area (Å²) in [7, 11) is 0. The number of fused-ring (bicyclic) bond motifs is 1. The summed E-state index contributed by atoms with van der Waals surface area (Å²) in [6.45, 7) is 3.98. The van der Waals surface area contributed by atoms with Gasteiger partial charge in [-0.15, -0.1) is 0 Å². The fourth-order valence-corrected chi connectivity index (χ4v) is 2.94. The third kappa shape index (κ3) is 3.05. The zero-order chi connectivity index (χ0) is 16.4. The summed E-state index contributed by atoms with van der Waals surface area (Å²) in [5.41, 5.74) is 0.763. The highest BCUT2D eigenvalue weighted by atomic mass is 16.6. The van der Waals surface area contributed by atoms with Gasteiger partial charge in [0.2, 0.25) is 5.91 Å². The van der Waals surface area contributed by atoms with E-state index in [9.17, 15) is 14.9 Å². The van der Waals surface area contributed by atoms with Gasteiger partial charge in [0.05, 0.1) is 28.5 Å². The first kappa shape index (κ1) is 15.5. The Hall–Kier alpha value is -2.41. The lowest BCUT2D eigenvalue weighted by atomic mass is 10.2. The van der Waals surface area contributed by atoms with E-state index in [1.807, 2.05) is 6.92 Å². The lowest BCUT2D eigenvalue weighted by Gasteiger charge is -2.32. The molecule has 122 valence electrons. The van der Waals surface area contributed by atoms with Crippen molar-refractivity contribution in [2.24, 2.45) is 0 Å². The van der Waals surface area contributed by atoms with Crippen LogP contribution in [-0.4, -0.2) is 46.1 Å². The van der Waals surface area contributed by atoms with Gasteiger partial charge in [-0.05, 0) is 18.6 Å². The van der Waals surface area contributed by atoms with Crippen LogP contribution in [0.5, 0.6) is 0 Å². The van der Waals surface area contributed by atoms with Crippen molar-refractivity contribution in [1.29, 1.82) is 0 Å². The first-order valence-corrected chi connectivity index (χ1v) is 7.71. The number of morpholine rings is 1. The Labute approximate surface area is 133 Å². The highest BCUT2D eigenvalue weighted by Gasteiger charge is 2.23. The molecule has 1 aliphatic heterocycles. The Kier molecular flexibility index (Phi) is 4.29. The molecule has 0 saturated carbocycles. The predicted molar refractivity (Wildman–Crippen MR) is 85.2 cm³/mol. The van der Waals surface area contributed by atoms with Gasteiger partial charge in [0.25, 0.3) is 5.69 Å². The van der Waals surface area contributed by atoms with Crippen LogP contribution in [0.15, 0.2) is 30.5 Å². The normalized spacial score (nSPS) is 18.3. The number of nitro benzene ring substituents is 1. The van der Waals surface area contributed by atoms with Crippen LogP contribution in [0, 0.1) is 10.1 Å². The average molecular weight is 317 g/mol. The molecule has 2 aromatic rings. The Bertz CT molecular complexity index is 740. The summed E-state index contributed by atoms with van der Waals surface area (Å²) < 4.78 is 7.34. The number of ether oxygens (including phenoxy) is 1. The van der Waals surface area contributed by atoms with E-state index in [1.54, 1.807) is 33.9 Å². The zero-order valence-corrected chi connectivity index (χ0v) is 13.0. The monoisotopic (exact) mass is 317 g/mol. The van der Waals surface area contributed by atoms with Gasteiger partial charge in [0.1, 0.15) is 6.54 Å². The molecule has 2 heterocycles. The molecule has 23 heavy (non-hydrogen) atoms. The summed E-state index contributed by atoms with van der Waals surface area (Å²) in [5, 5.41) is 11.6. The molecule has 1 fully saturated rings. The zero-order valence-electron chi connectivity index (χ0n) is 13.0. The van der Waals surface area contributed by atoms with Gasteiger partial charge in [-0.3, -0.25) is 14.9 Å². The minimum Gasteiger partial charge on any atom is -0.375 e. The molecule has 0 bridgehead atoms. The van der Waals surface area contributed by atoms with E-state index in [2.05, 4.69) is 0 Å². The maximum atomic E-state index is 12.5. The van der Waals surface area contributed by atoms with Crippen molar-refractivity contribution in [3.8, 4) is 0 Å². The molecule has 1 aliphatic rings. The number of aromatic nitrogens is 1. The average Bonchev–Trinajstić information content (AvgIpc) is 2.97. The van der Waals surface area contributed by atoms with Crippen LogP contribution < -0.4 is 0 Å². The van der Waals surface area contributed by atoms with Crippen LogP contribution in [0.1, 0.15) is 13.3 Å². The van der Waals surface area contributed by atoms with Gasteiger partial charge in [-0.25, -0.2) is 0 Å². The van der Waals surface area contributed by atoms with E-state index in [4.69, 9.17) is 4.74 Å². The van der Waals surface area contributed by atoms with E-state index in [1.165, 1.54) is 6.07 Å². The Morgan fingerprint density at radius 1 is 1.43 bits per heavy atom. The van der Waals surface area contributed by atoms with Crippen molar-refractivity contribution < 1.29 is 14.5 Å². The molecule has 0 unspecified atom stereocenters. The quantitative estimate of drug-likeness (QED) is 0.639. The molecule has 0 aliphatic carbocycles. The molecule has 1 aromatic heterocycles. The standard InChI is InChI=1S/C16H19N3O4/c1-2-12-10-18(8-9-23-12)16(20)11-17-7-6-13-14(17)4-3-5-15(13)19(21)22/h3-7,12H,2,8-11H2,1H3/t12-/m1/s1. The fourth-order valence-electron chi connectivity index (χ4n) is 2.94. The maximum Gasteiger partial charge on any atom is 0.278 e. The van der Waals surface area contributed by atoms with Gasteiger partial charge >= 0.3 is 0 Å². The van der Waals surface area contributed by atoms with Crippen LogP contribution in [0.2, 0.25) is 0 Å². The molecule has 1 atom stereocenters. The van der Waals surface area contributed by atoms with E-state index in [0.29, 0.717) is 30.6 Å². The van der Waals surface area contributed by atoms with Crippen molar-refractivity contribution in [2.45, 2.75) is 26.0 Å². The molecule has 0 N–H and O–H groups in total. The second-order valence-corrected chi connectivity index (χ2v) is 5.65. The molecule has 7 nitrogen and oxygen atoms in total. The third-order valence-electron chi connectivity index (χ3n) is 4.24. The first-order valence-electron chi connectivity index (χ1n) is 7.71. The van der Waals surface area contributed by atoms with Crippen LogP contribution in [0.4, 0.5) is 5.69 Å². The molecule has 0 radical (unpaired) electrons. The van der Waals surface area contributed by atoms with Gasteiger partial charge in [-0.1, -0.05) is 13.0 Å². The number of nitrogens with zero attached hydrogens (tertiary/aromatic N) is 3. The first-order chi connectivity index (χ1) is 11.1. The van der Waals surface area contributed by atoms with Crippen LogP contribution in [0.25, 0.3) is 10.9 Å². The lowest BCUT2D eigenvalue weighted by Crippen LogP contribution is -2.46. The number of rotatable bonds is 4. The molecule has 7 heteroatoms. The van der Waals surface area contributed by atoms with Gasteiger partial charge in [-0.2, -0.15) is 0 Å². The number of hydrogen-bond donors (Lipinski definition) is 0. The molecule has 1 aromatic carbocycles. The van der Waals surface area contributed by atoms with Crippen LogP contribution in [-0.2, 0) is 16.1 Å². The summed E-state index contributed by atoms with van der Waals surface area (Å²) in [6.07, 6.45) is 2.70. The second-order valence-electron chi connectivity index (χ2n) is 5.65. The molecular formula is C16H19N3O4. The highest BCUT2D eigenvalue weighted by molar-refractivity contribution is 5.90. The van der Waals surface area contributed by atoms with Crippen molar-refractivity contribution in [1.82, 2.24) is 9.47 Å². The Morgan fingerprint density at radius 3 is 3.00 bits per heavy atom. The molecule has 1 saturated heterocycles. The molecule has 1 amide bonds. The van der Waals surface area contributed by atoms with Crippen molar-refractivity contribution >= 4 is 22.5 Å². The van der Waals surface area contributed by atoms with Crippen molar-refractivity contribution in [3.63, 3.8) is 0 Å². The highest BCUT2D eigenvalue weighted by Crippen LogP contribution is 2.26. The summed E-state index contributed by atoms with van der Waals surface area (Å²) in [6, 6.07) is 6.60. The molecule has 0 spiro atoms. The Balaban J connectivity index is 1.80. The van der Waals surface area contributed by atoms with Gasteiger partial charge < -0.3 is 14.2 Å². The lowest BCUT2D eigenvalue weighted by molar-refractivity contribution is -0.383. The van der Waals surface area contributed by atoms with Crippen LogP contribution >= 0.6 is 0 Å². The molecular weight excluding hydrogens is 298 g/mol. The van der Waals surface area contributed by atoms with Crippen LogP contribution in [0.3, 0.4) is 0 Å². The summed E-state index contributed by atoms with van der Waals surface area (Å²) in [4.78, 5) is 25.0. The number of amides is 1. The van der Waals surface area contributed by atoms with Gasteiger partial charge in [0.15, 0.2) is 0 Å². The predicted octanol–water partition coefficient (Wildman–Crippen LogP) is 2.19. The summed E-state index contributed by atoms with van der Waals surface area (Å²) >= 11 is 0. The SMILES string of the molecule is CC[C@@H]1CN(C(=O)Cn2ccc3c([N+](=O)[O-])cccc32)CCO1. The number of carbonyl (C=O) groups is 1. The number of nitro groups is 1. The largest absolute Gasteiger partial charge is 0.375 e. The Morgan fingerprint density at radius 2 is 2.26 bits per heavy atom. The smallest absolute Gasteiger partial charge is 0.278 e.